The van der Waals surface area contributed by atoms with Crippen molar-refractivity contribution in [1.29, 1.82) is 0 Å². The molecule has 1 unspecified atom stereocenters. The lowest BCUT2D eigenvalue weighted by atomic mass is 10.2. The van der Waals surface area contributed by atoms with Gasteiger partial charge >= 0.3 is 0 Å². The Hall–Kier alpha value is -0.910. The number of aromatic nitrogens is 2. The molecule has 0 radical (unpaired) electrons. The minimum Gasteiger partial charge on any atom is -0.336 e. The van der Waals surface area contributed by atoms with Crippen molar-refractivity contribution in [2.45, 2.75) is 44.4 Å². The van der Waals surface area contributed by atoms with Crippen molar-refractivity contribution in [1.82, 2.24) is 19.8 Å². The Kier molecular flexibility index (Phi) is 3.63. The van der Waals surface area contributed by atoms with Crippen LogP contribution in [0, 0.1) is 0 Å². The fraction of sp³-hybridized carbons (Fsp3) is 0.769. The number of imidazole rings is 1. The molecule has 5 nitrogen and oxygen atoms in total. The summed E-state index contributed by atoms with van der Waals surface area (Å²) < 4.78 is 2.06. The maximum Gasteiger partial charge on any atom is 0.0950 e. The number of likely N-dealkylation sites (tertiary alicyclic amines) is 1. The predicted octanol–water partition coefficient (Wildman–Crippen LogP) is 0.168. The van der Waals surface area contributed by atoms with Gasteiger partial charge in [0.15, 0.2) is 0 Å². The summed E-state index contributed by atoms with van der Waals surface area (Å²) in [7, 11) is 0. The van der Waals surface area contributed by atoms with Crippen LogP contribution < -0.4 is 11.1 Å². The van der Waals surface area contributed by atoms with Gasteiger partial charge in [0.25, 0.3) is 0 Å². The van der Waals surface area contributed by atoms with Crippen LogP contribution in [-0.2, 0) is 13.1 Å². The van der Waals surface area contributed by atoms with Crippen molar-refractivity contribution < 1.29 is 0 Å². The molecule has 1 aliphatic heterocycles. The molecule has 1 atom stereocenters. The van der Waals surface area contributed by atoms with Crippen molar-refractivity contribution in [2.24, 2.45) is 5.73 Å². The zero-order chi connectivity index (χ0) is 12.4. The second kappa shape index (κ2) is 5.38. The quantitative estimate of drug-likeness (QED) is 0.754. The summed E-state index contributed by atoms with van der Waals surface area (Å²) in [6, 6.07) is 1.55. The molecule has 2 heterocycles. The second-order valence-corrected chi connectivity index (χ2v) is 5.48. The summed E-state index contributed by atoms with van der Waals surface area (Å²) in [6.45, 7) is 4.88. The maximum atomic E-state index is 5.52. The molecule has 1 aliphatic carbocycles. The van der Waals surface area contributed by atoms with E-state index in [0.717, 1.165) is 24.8 Å². The Labute approximate surface area is 108 Å². The largest absolute Gasteiger partial charge is 0.336 e. The molecule has 0 bridgehead atoms. The van der Waals surface area contributed by atoms with E-state index in [1.54, 1.807) is 0 Å². The fourth-order valence-electron chi connectivity index (χ4n) is 2.74. The van der Waals surface area contributed by atoms with Gasteiger partial charge in [0, 0.05) is 51.0 Å². The normalized spacial score (nSPS) is 24.8. The molecule has 3 N–H and O–H groups in total. The molecule has 0 spiro atoms. The summed E-state index contributed by atoms with van der Waals surface area (Å²) in [4.78, 5) is 7.02. The van der Waals surface area contributed by atoms with Crippen LogP contribution in [0.4, 0.5) is 0 Å². The van der Waals surface area contributed by atoms with Crippen LogP contribution in [0.15, 0.2) is 12.5 Å². The molecule has 3 rings (SSSR count). The maximum absolute atomic E-state index is 5.52. The van der Waals surface area contributed by atoms with E-state index in [1.807, 2.05) is 6.33 Å². The molecule has 100 valence electrons. The SMILES string of the molecule is NCCn1cnc(CNC2CCN(C3CC3)C2)c1. The van der Waals surface area contributed by atoms with Gasteiger partial charge in [-0.2, -0.15) is 0 Å². The third-order valence-corrected chi connectivity index (χ3v) is 3.93. The minimum atomic E-state index is 0.644. The first-order valence-corrected chi connectivity index (χ1v) is 7.03. The first-order valence-electron chi connectivity index (χ1n) is 7.03. The Bertz CT molecular complexity index is 384. The number of nitrogens with two attached hydrogens (primary N) is 1. The van der Waals surface area contributed by atoms with E-state index in [1.165, 1.54) is 32.4 Å². The lowest BCUT2D eigenvalue weighted by Gasteiger charge is -2.15. The monoisotopic (exact) mass is 249 g/mol. The Morgan fingerprint density at radius 3 is 3.06 bits per heavy atom. The van der Waals surface area contributed by atoms with E-state index in [2.05, 4.69) is 26.0 Å². The van der Waals surface area contributed by atoms with Gasteiger partial charge < -0.3 is 15.6 Å². The summed E-state index contributed by atoms with van der Waals surface area (Å²) in [5, 5.41) is 3.62. The van der Waals surface area contributed by atoms with E-state index in [4.69, 9.17) is 5.73 Å². The van der Waals surface area contributed by atoms with Gasteiger partial charge in [-0.3, -0.25) is 4.90 Å². The van der Waals surface area contributed by atoms with Crippen molar-refractivity contribution in [3.8, 4) is 0 Å². The summed E-state index contributed by atoms with van der Waals surface area (Å²) in [5.41, 5.74) is 6.64. The van der Waals surface area contributed by atoms with E-state index >= 15 is 0 Å². The zero-order valence-corrected chi connectivity index (χ0v) is 10.9. The van der Waals surface area contributed by atoms with Gasteiger partial charge in [0.05, 0.1) is 12.0 Å². The van der Waals surface area contributed by atoms with Crippen LogP contribution in [-0.4, -0.2) is 46.2 Å². The van der Waals surface area contributed by atoms with Gasteiger partial charge in [-0.05, 0) is 19.3 Å². The molecule has 1 saturated heterocycles. The first-order chi connectivity index (χ1) is 8.85. The van der Waals surface area contributed by atoms with Crippen LogP contribution in [0.3, 0.4) is 0 Å². The molecule has 1 aromatic rings. The highest BCUT2D eigenvalue weighted by molar-refractivity contribution is 4.98. The third-order valence-electron chi connectivity index (χ3n) is 3.93. The van der Waals surface area contributed by atoms with Crippen molar-refractivity contribution >= 4 is 0 Å². The van der Waals surface area contributed by atoms with Gasteiger partial charge in [-0.25, -0.2) is 4.98 Å². The number of nitrogens with one attached hydrogen (secondary N) is 1. The van der Waals surface area contributed by atoms with Crippen LogP contribution in [0.25, 0.3) is 0 Å². The predicted molar refractivity (Wildman–Crippen MR) is 71.1 cm³/mol. The molecule has 1 aromatic heterocycles. The topological polar surface area (TPSA) is 59.1 Å². The van der Waals surface area contributed by atoms with Gasteiger partial charge in [0.2, 0.25) is 0 Å². The average Bonchev–Trinajstić information content (AvgIpc) is 2.95. The smallest absolute Gasteiger partial charge is 0.0950 e. The molecule has 18 heavy (non-hydrogen) atoms. The van der Waals surface area contributed by atoms with Crippen molar-refractivity contribution in [3.05, 3.63) is 18.2 Å². The van der Waals surface area contributed by atoms with Crippen LogP contribution in [0.2, 0.25) is 0 Å². The summed E-state index contributed by atoms with van der Waals surface area (Å²) in [5.74, 6) is 0. The van der Waals surface area contributed by atoms with Crippen molar-refractivity contribution in [3.63, 3.8) is 0 Å². The van der Waals surface area contributed by atoms with E-state index in [0.29, 0.717) is 12.6 Å². The zero-order valence-electron chi connectivity index (χ0n) is 10.9. The van der Waals surface area contributed by atoms with Gasteiger partial charge in [0.1, 0.15) is 0 Å². The lowest BCUT2D eigenvalue weighted by Crippen LogP contribution is -2.32. The standard InChI is InChI=1S/C13H23N5/c14-4-6-17-8-12(16-10-17)7-15-11-3-5-18(9-11)13-1-2-13/h8,10-11,13,15H,1-7,9,14H2. The molecule has 5 heteroatoms. The van der Waals surface area contributed by atoms with E-state index in [-0.39, 0.29) is 0 Å². The molecular weight excluding hydrogens is 226 g/mol. The third kappa shape index (κ3) is 2.91. The average molecular weight is 249 g/mol. The summed E-state index contributed by atoms with van der Waals surface area (Å²) >= 11 is 0. The molecule has 0 amide bonds. The second-order valence-electron chi connectivity index (χ2n) is 5.48. The minimum absolute atomic E-state index is 0.644. The highest BCUT2D eigenvalue weighted by Crippen LogP contribution is 2.29. The number of nitrogens with zero attached hydrogens (tertiary/aromatic N) is 3. The molecule has 0 aromatic carbocycles. The lowest BCUT2D eigenvalue weighted by molar-refractivity contribution is 0.317. The number of hydrogen-bond donors (Lipinski definition) is 2. The summed E-state index contributed by atoms with van der Waals surface area (Å²) in [6.07, 6.45) is 8.06. The van der Waals surface area contributed by atoms with Crippen LogP contribution >= 0.6 is 0 Å². The molecular formula is C13H23N5. The Morgan fingerprint density at radius 2 is 2.28 bits per heavy atom. The number of hydrogen-bond acceptors (Lipinski definition) is 4. The molecule has 2 aliphatic rings. The van der Waals surface area contributed by atoms with Crippen LogP contribution in [0.1, 0.15) is 25.0 Å². The van der Waals surface area contributed by atoms with Crippen molar-refractivity contribution in [2.75, 3.05) is 19.6 Å². The highest BCUT2D eigenvalue weighted by atomic mass is 15.2. The Morgan fingerprint density at radius 1 is 1.39 bits per heavy atom. The Balaban J connectivity index is 1.43. The molecule has 1 saturated carbocycles. The number of rotatable bonds is 6. The van der Waals surface area contributed by atoms with Gasteiger partial charge in [-0.1, -0.05) is 0 Å². The van der Waals surface area contributed by atoms with E-state index in [9.17, 15) is 0 Å². The molecule has 2 fully saturated rings. The van der Waals surface area contributed by atoms with Gasteiger partial charge in [-0.15, -0.1) is 0 Å². The van der Waals surface area contributed by atoms with E-state index < -0.39 is 0 Å². The fourth-order valence-corrected chi connectivity index (χ4v) is 2.74. The highest BCUT2D eigenvalue weighted by Gasteiger charge is 2.34. The first kappa shape index (κ1) is 12.1. The van der Waals surface area contributed by atoms with Crippen LogP contribution in [0.5, 0.6) is 0 Å².